The molecule has 2 N–H and O–H groups in total. The van der Waals surface area contributed by atoms with Crippen molar-refractivity contribution in [2.45, 2.75) is 44.5 Å². The number of hydrogen-bond acceptors (Lipinski definition) is 6. The summed E-state index contributed by atoms with van der Waals surface area (Å²) in [6.07, 6.45) is 4.44. The number of aliphatic hydroxyl groups is 1. The van der Waals surface area contributed by atoms with Crippen LogP contribution in [0.25, 0.3) is 0 Å². The summed E-state index contributed by atoms with van der Waals surface area (Å²) in [5, 5.41) is 18.1. The van der Waals surface area contributed by atoms with Gasteiger partial charge in [0, 0.05) is 19.3 Å². The maximum absolute atomic E-state index is 11.0. The van der Waals surface area contributed by atoms with Crippen LogP contribution >= 0.6 is 0 Å². The Morgan fingerprint density at radius 1 is 1.32 bits per heavy atom. The first-order valence-electron chi connectivity index (χ1n) is 7.73. The standard InChI is InChI=1S/C15H21N3O4/c19-9-11-3-6-16-15(17-11)18-7-4-10(5-8-18)12-1-2-13(22-12)14(20)21/h3,6,10,12-13,19H,1-2,4-5,7-9H2,(H,20,21)/t12-,13+/m0/s1. The Kier molecular flexibility index (Phi) is 4.54. The van der Waals surface area contributed by atoms with Crippen LogP contribution in [0.1, 0.15) is 31.4 Å². The molecule has 0 spiro atoms. The molecule has 2 fully saturated rings. The van der Waals surface area contributed by atoms with Crippen LogP contribution in [0.3, 0.4) is 0 Å². The number of aliphatic carboxylic acids is 1. The number of carbonyl (C=O) groups is 1. The van der Waals surface area contributed by atoms with Gasteiger partial charge in [0.05, 0.1) is 18.4 Å². The number of piperidine rings is 1. The predicted molar refractivity (Wildman–Crippen MR) is 78.4 cm³/mol. The van der Waals surface area contributed by atoms with Gasteiger partial charge in [-0.1, -0.05) is 0 Å². The van der Waals surface area contributed by atoms with Gasteiger partial charge in [0.2, 0.25) is 5.95 Å². The first-order chi connectivity index (χ1) is 10.7. The van der Waals surface area contributed by atoms with E-state index in [1.54, 1.807) is 12.3 Å². The SMILES string of the molecule is O=C(O)[C@H]1CC[C@@H](C2CCN(c3nccc(CO)n3)CC2)O1. The minimum Gasteiger partial charge on any atom is -0.479 e. The third-order valence-corrected chi connectivity index (χ3v) is 4.54. The maximum atomic E-state index is 11.0. The Morgan fingerprint density at radius 2 is 2.09 bits per heavy atom. The van der Waals surface area contributed by atoms with E-state index in [-0.39, 0.29) is 12.7 Å². The van der Waals surface area contributed by atoms with Crippen LogP contribution in [0.2, 0.25) is 0 Å². The molecule has 0 amide bonds. The van der Waals surface area contributed by atoms with E-state index in [0.29, 0.717) is 24.0 Å². The number of carboxylic acids is 1. The topological polar surface area (TPSA) is 95.8 Å². The highest BCUT2D eigenvalue weighted by Crippen LogP contribution is 2.32. The quantitative estimate of drug-likeness (QED) is 0.850. The molecule has 22 heavy (non-hydrogen) atoms. The summed E-state index contributed by atoms with van der Waals surface area (Å²) in [6.45, 7) is 1.58. The Labute approximate surface area is 128 Å². The van der Waals surface area contributed by atoms with Crippen molar-refractivity contribution in [1.29, 1.82) is 0 Å². The Hall–Kier alpha value is -1.73. The third-order valence-electron chi connectivity index (χ3n) is 4.54. The Balaban J connectivity index is 1.55. The first kappa shape index (κ1) is 15.2. The molecule has 120 valence electrons. The van der Waals surface area contributed by atoms with E-state index in [1.807, 2.05) is 0 Å². The van der Waals surface area contributed by atoms with Crippen molar-refractivity contribution in [3.8, 4) is 0 Å². The summed E-state index contributed by atoms with van der Waals surface area (Å²) >= 11 is 0. The van der Waals surface area contributed by atoms with Gasteiger partial charge >= 0.3 is 5.97 Å². The molecule has 7 heteroatoms. The molecule has 7 nitrogen and oxygen atoms in total. The number of nitrogens with zero attached hydrogens (tertiary/aromatic N) is 3. The van der Waals surface area contributed by atoms with Gasteiger partial charge in [-0.05, 0) is 37.7 Å². The normalized spacial score (nSPS) is 26.3. The zero-order valence-corrected chi connectivity index (χ0v) is 12.4. The second kappa shape index (κ2) is 6.58. The second-order valence-corrected chi connectivity index (χ2v) is 5.91. The molecular weight excluding hydrogens is 286 g/mol. The van der Waals surface area contributed by atoms with Crippen LogP contribution in [-0.2, 0) is 16.1 Å². The number of ether oxygens (including phenoxy) is 1. The smallest absolute Gasteiger partial charge is 0.332 e. The van der Waals surface area contributed by atoms with E-state index >= 15 is 0 Å². The molecule has 0 saturated carbocycles. The highest BCUT2D eigenvalue weighted by atomic mass is 16.5. The van der Waals surface area contributed by atoms with Crippen LogP contribution in [0.5, 0.6) is 0 Å². The number of hydrogen-bond donors (Lipinski definition) is 2. The fourth-order valence-corrected chi connectivity index (χ4v) is 3.29. The minimum atomic E-state index is -0.853. The average Bonchev–Trinajstić information content (AvgIpc) is 3.05. The van der Waals surface area contributed by atoms with E-state index in [4.69, 9.17) is 14.9 Å². The van der Waals surface area contributed by atoms with Gasteiger partial charge in [-0.2, -0.15) is 0 Å². The van der Waals surface area contributed by atoms with Gasteiger partial charge in [-0.25, -0.2) is 14.8 Å². The zero-order valence-electron chi connectivity index (χ0n) is 12.4. The molecule has 1 aromatic heterocycles. The molecule has 3 rings (SSSR count). The molecule has 2 aliphatic heterocycles. The zero-order chi connectivity index (χ0) is 15.5. The van der Waals surface area contributed by atoms with Gasteiger partial charge in [-0.15, -0.1) is 0 Å². The molecule has 2 saturated heterocycles. The van der Waals surface area contributed by atoms with Gasteiger partial charge < -0.3 is 19.8 Å². The fourth-order valence-electron chi connectivity index (χ4n) is 3.29. The summed E-state index contributed by atoms with van der Waals surface area (Å²) in [5.74, 6) is 0.205. The van der Waals surface area contributed by atoms with E-state index in [2.05, 4.69) is 14.9 Å². The molecule has 0 radical (unpaired) electrons. The number of carboxylic acid groups (broad SMARTS) is 1. The predicted octanol–water partition coefficient (Wildman–Crippen LogP) is 0.817. The lowest BCUT2D eigenvalue weighted by Crippen LogP contribution is -2.39. The highest BCUT2D eigenvalue weighted by Gasteiger charge is 2.36. The van der Waals surface area contributed by atoms with Crippen LogP contribution in [0, 0.1) is 5.92 Å². The summed E-state index contributed by atoms with van der Waals surface area (Å²) < 4.78 is 5.66. The van der Waals surface area contributed by atoms with Gasteiger partial charge in [0.15, 0.2) is 6.10 Å². The van der Waals surface area contributed by atoms with Crippen LogP contribution in [-0.4, -0.2) is 51.4 Å². The molecular formula is C15H21N3O4. The molecule has 0 aromatic carbocycles. The third kappa shape index (κ3) is 3.20. The summed E-state index contributed by atoms with van der Waals surface area (Å²) in [7, 11) is 0. The van der Waals surface area contributed by atoms with Gasteiger partial charge in [0.1, 0.15) is 0 Å². The molecule has 1 aromatic rings. The lowest BCUT2D eigenvalue weighted by Gasteiger charge is -2.34. The number of aromatic nitrogens is 2. The largest absolute Gasteiger partial charge is 0.479 e. The monoisotopic (exact) mass is 307 g/mol. The van der Waals surface area contributed by atoms with Crippen LogP contribution < -0.4 is 4.90 Å². The molecule has 0 aliphatic carbocycles. The van der Waals surface area contributed by atoms with Crippen molar-refractivity contribution >= 4 is 11.9 Å². The highest BCUT2D eigenvalue weighted by molar-refractivity contribution is 5.72. The number of anilines is 1. The maximum Gasteiger partial charge on any atom is 0.332 e. The van der Waals surface area contributed by atoms with Gasteiger partial charge in [0.25, 0.3) is 0 Å². The summed E-state index contributed by atoms with van der Waals surface area (Å²) in [6, 6.07) is 1.70. The van der Waals surface area contributed by atoms with Crippen molar-refractivity contribution in [1.82, 2.24) is 9.97 Å². The Morgan fingerprint density at radius 3 is 2.73 bits per heavy atom. The van der Waals surface area contributed by atoms with Crippen LogP contribution in [0.15, 0.2) is 12.3 Å². The van der Waals surface area contributed by atoms with E-state index in [1.165, 1.54) is 0 Å². The molecule has 2 atom stereocenters. The molecule has 2 aliphatic rings. The van der Waals surface area contributed by atoms with Crippen molar-refractivity contribution in [3.05, 3.63) is 18.0 Å². The second-order valence-electron chi connectivity index (χ2n) is 5.91. The van der Waals surface area contributed by atoms with Gasteiger partial charge in [-0.3, -0.25) is 0 Å². The molecule has 3 heterocycles. The fraction of sp³-hybridized carbons (Fsp3) is 0.667. The molecule has 0 unspecified atom stereocenters. The number of rotatable bonds is 4. The van der Waals surface area contributed by atoms with Crippen molar-refractivity contribution < 1.29 is 19.7 Å². The van der Waals surface area contributed by atoms with Crippen molar-refractivity contribution in [2.75, 3.05) is 18.0 Å². The average molecular weight is 307 g/mol. The van der Waals surface area contributed by atoms with Crippen molar-refractivity contribution in [2.24, 2.45) is 5.92 Å². The minimum absolute atomic E-state index is 0.0629. The first-order valence-corrected chi connectivity index (χ1v) is 7.73. The molecule has 0 bridgehead atoms. The van der Waals surface area contributed by atoms with Crippen molar-refractivity contribution in [3.63, 3.8) is 0 Å². The van der Waals surface area contributed by atoms with Crippen LogP contribution in [0.4, 0.5) is 5.95 Å². The summed E-state index contributed by atoms with van der Waals surface area (Å²) in [5.41, 5.74) is 0.621. The Bertz CT molecular complexity index is 531. The van der Waals surface area contributed by atoms with E-state index in [0.717, 1.165) is 32.4 Å². The summed E-state index contributed by atoms with van der Waals surface area (Å²) in [4.78, 5) is 21.7. The van der Waals surface area contributed by atoms with E-state index in [9.17, 15) is 4.79 Å². The van der Waals surface area contributed by atoms with E-state index < -0.39 is 12.1 Å². The number of aliphatic hydroxyl groups excluding tert-OH is 1. The lowest BCUT2D eigenvalue weighted by molar-refractivity contribution is -0.150. The lowest BCUT2D eigenvalue weighted by atomic mass is 9.90.